The SMILES string of the molecule is O=S(O)C1CC1F. The Balaban J connectivity index is 2.33. The zero-order valence-electron chi connectivity index (χ0n) is 3.50. The van der Waals surface area contributed by atoms with Gasteiger partial charge in [-0.05, 0) is 6.42 Å². The van der Waals surface area contributed by atoms with E-state index in [1.165, 1.54) is 0 Å². The standard InChI is InChI=1S/C3H5FO2S/c4-2-1-3(2)7(5)6/h2-3H,1H2,(H,5,6). The van der Waals surface area contributed by atoms with Crippen LogP contribution in [-0.2, 0) is 11.1 Å². The van der Waals surface area contributed by atoms with E-state index < -0.39 is 22.5 Å². The molecule has 1 rings (SSSR count). The summed E-state index contributed by atoms with van der Waals surface area (Å²) in [5.74, 6) is 0. The predicted molar refractivity (Wildman–Crippen MR) is 24.1 cm³/mol. The fourth-order valence-corrected chi connectivity index (χ4v) is 0.953. The summed E-state index contributed by atoms with van der Waals surface area (Å²) < 4.78 is 29.6. The molecule has 0 aromatic heterocycles. The Morgan fingerprint density at radius 3 is 2.29 bits per heavy atom. The molecule has 0 amide bonds. The molecule has 4 heteroatoms. The minimum absolute atomic E-state index is 0.267. The molecule has 7 heavy (non-hydrogen) atoms. The van der Waals surface area contributed by atoms with Crippen molar-refractivity contribution < 1.29 is 13.2 Å². The van der Waals surface area contributed by atoms with Crippen molar-refractivity contribution in [3.05, 3.63) is 0 Å². The molecular weight excluding hydrogens is 119 g/mol. The summed E-state index contributed by atoms with van der Waals surface area (Å²) >= 11 is -1.91. The maximum Gasteiger partial charge on any atom is 0.159 e. The van der Waals surface area contributed by atoms with E-state index in [1.54, 1.807) is 0 Å². The third-order valence-electron chi connectivity index (χ3n) is 0.917. The smallest absolute Gasteiger partial charge is 0.159 e. The van der Waals surface area contributed by atoms with Gasteiger partial charge >= 0.3 is 0 Å². The third kappa shape index (κ3) is 0.978. The van der Waals surface area contributed by atoms with E-state index in [4.69, 9.17) is 4.55 Å². The lowest BCUT2D eigenvalue weighted by Gasteiger charge is -1.79. The van der Waals surface area contributed by atoms with Crippen LogP contribution >= 0.6 is 0 Å². The molecule has 3 atom stereocenters. The van der Waals surface area contributed by atoms with Crippen LogP contribution in [0.15, 0.2) is 0 Å². The van der Waals surface area contributed by atoms with Crippen LogP contribution in [-0.4, -0.2) is 20.2 Å². The van der Waals surface area contributed by atoms with Crippen molar-refractivity contribution >= 4 is 11.1 Å². The lowest BCUT2D eigenvalue weighted by Crippen LogP contribution is -1.96. The topological polar surface area (TPSA) is 37.3 Å². The predicted octanol–water partition coefficient (Wildman–Crippen LogP) is 0.319. The van der Waals surface area contributed by atoms with Gasteiger partial charge in [0.05, 0.1) is 5.25 Å². The fraction of sp³-hybridized carbons (Fsp3) is 1.00. The monoisotopic (exact) mass is 124 g/mol. The molecule has 1 saturated carbocycles. The van der Waals surface area contributed by atoms with E-state index in [0.717, 1.165) is 0 Å². The Bertz CT molecular complexity index is 105. The van der Waals surface area contributed by atoms with Crippen molar-refractivity contribution in [3.63, 3.8) is 0 Å². The molecule has 1 fully saturated rings. The second-order valence-electron chi connectivity index (χ2n) is 1.57. The highest BCUT2D eigenvalue weighted by Gasteiger charge is 2.42. The molecule has 0 heterocycles. The van der Waals surface area contributed by atoms with Gasteiger partial charge in [-0.25, -0.2) is 8.60 Å². The average molecular weight is 124 g/mol. The van der Waals surface area contributed by atoms with Crippen LogP contribution in [0, 0.1) is 0 Å². The largest absolute Gasteiger partial charge is 0.306 e. The first-order valence-corrected chi connectivity index (χ1v) is 3.12. The number of hydrogen-bond acceptors (Lipinski definition) is 1. The Morgan fingerprint density at radius 1 is 1.86 bits per heavy atom. The van der Waals surface area contributed by atoms with E-state index in [0.29, 0.717) is 0 Å². The normalized spacial score (nSPS) is 43.1. The van der Waals surface area contributed by atoms with E-state index in [2.05, 4.69) is 0 Å². The molecule has 0 saturated heterocycles. The van der Waals surface area contributed by atoms with Gasteiger partial charge in [0.1, 0.15) is 6.17 Å². The second-order valence-corrected chi connectivity index (χ2v) is 2.72. The summed E-state index contributed by atoms with van der Waals surface area (Å²) in [6.45, 7) is 0. The van der Waals surface area contributed by atoms with E-state index in [1.807, 2.05) is 0 Å². The fourth-order valence-electron chi connectivity index (χ4n) is 0.352. The first kappa shape index (κ1) is 5.18. The van der Waals surface area contributed by atoms with Crippen molar-refractivity contribution in [2.24, 2.45) is 0 Å². The zero-order chi connectivity index (χ0) is 5.44. The molecule has 0 aliphatic heterocycles. The van der Waals surface area contributed by atoms with Gasteiger partial charge in [0, 0.05) is 0 Å². The molecule has 2 nitrogen and oxygen atoms in total. The molecule has 0 aromatic rings. The van der Waals surface area contributed by atoms with Crippen LogP contribution < -0.4 is 0 Å². The van der Waals surface area contributed by atoms with Crippen LogP contribution in [0.5, 0.6) is 0 Å². The Kier molecular flexibility index (Phi) is 1.13. The van der Waals surface area contributed by atoms with Crippen molar-refractivity contribution in [1.29, 1.82) is 0 Å². The highest BCUT2D eigenvalue weighted by atomic mass is 32.2. The van der Waals surface area contributed by atoms with Crippen LogP contribution in [0.3, 0.4) is 0 Å². The number of rotatable bonds is 1. The first-order chi connectivity index (χ1) is 3.22. The minimum atomic E-state index is -1.91. The number of alkyl halides is 1. The van der Waals surface area contributed by atoms with Gasteiger partial charge in [0.2, 0.25) is 0 Å². The van der Waals surface area contributed by atoms with Gasteiger partial charge in [-0.3, -0.25) is 0 Å². The molecule has 1 aliphatic carbocycles. The molecule has 0 radical (unpaired) electrons. The molecule has 1 N–H and O–H groups in total. The van der Waals surface area contributed by atoms with Gasteiger partial charge in [-0.15, -0.1) is 0 Å². The molecule has 0 spiro atoms. The first-order valence-electron chi connectivity index (χ1n) is 1.95. The van der Waals surface area contributed by atoms with Gasteiger partial charge in [0.15, 0.2) is 11.1 Å². The molecule has 0 bridgehead atoms. The summed E-state index contributed by atoms with van der Waals surface area (Å²) in [4.78, 5) is 0. The van der Waals surface area contributed by atoms with Gasteiger partial charge in [0.25, 0.3) is 0 Å². The highest BCUT2D eigenvalue weighted by molar-refractivity contribution is 7.80. The van der Waals surface area contributed by atoms with Gasteiger partial charge < -0.3 is 4.55 Å². The second kappa shape index (κ2) is 1.52. The van der Waals surface area contributed by atoms with Gasteiger partial charge in [-0.1, -0.05) is 0 Å². The summed E-state index contributed by atoms with van der Waals surface area (Å²) in [5.41, 5.74) is 0. The Morgan fingerprint density at radius 2 is 2.29 bits per heavy atom. The van der Waals surface area contributed by atoms with Crippen molar-refractivity contribution in [3.8, 4) is 0 Å². The molecule has 42 valence electrons. The maximum atomic E-state index is 11.7. The quantitative estimate of drug-likeness (QED) is 0.511. The zero-order valence-corrected chi connectivity index (χ0v) is 4.32. The summed E-state index contributed by atoms with van der Waals surface area (Å²) in [6.07, 6.45) is -0.742. The minimum Gasteiger partial charge on any atom is -0.306 e. The lowest BCUT2D eigenvalue weighted by molar-refractivity contribution is 0.474. The van der Waals surface area contributed by atoms with E-state index in [-0.39, 0.29) is 6.42 Å². The average Bonchev–Trinajstić information content (AvgIpc) is 2.17. The maximum absolute atomic E-state index is 11.7. The Labute approximate surface area is 43.0 Å². The number of hydrogen-bond donors (Lipinski definition) is 1. The molecule has 1 aliphatic rings. The summed E-state index contributed by atoms with van der Waals surface area (Å²) in [7, 11) is 0. The van der Waals surface area contributed by atoms with E-state index >= 15 is 0 Å². The Hall–Kier alpha value is 0.0400. The van der Waals surface area contributed by atoms with Crippen LogP contribution in [0.1, 0.15) is 6.42 Å². The molecule has 0 aromatic carbocycles. The molecular formula is C3H5FO2S. The van der Waals surface area contributed by atoms with Crippen molar-refractivity contribution in [2.75, 3.05) is 0 Å². The highest BCUT2D eigenvalue weighted by Crippen LogP contribution is 2.29. The lowest BCUT2D eigenvalue weighted by atomic mass is 10.9. The van der Waals surface area contributed by atoms with Crippen LogP contribution in [0.4, 0.5) is 4.39 Å². The van der Waals surface area contributed by atoms with Crippen molar-refractivity contribution in [2.45, 2.75) is 17.8 Å². The van der Waals surface area contributed by atoms with Gasteiger partial charge in [-0.2, -0.15) is 0 Å². The van der Waals surface area contributed by atoms with Crippen LogP contribution in [0.25, 0.3) is 0 Å². The summed E-state index contributed by atoms with van der Waals surface area (Å²) in [5, 5.41) is -0.569. The summed E-state index contributed by atoms with van der Waals surface area (Å²) in [6, 6.07) is 0. The number of halogens is 1. The molecule has 3 unspecified atom stereocenters. The van der Waals surface area contributed by atoms with E-state index in [9.17, 15) is 8.60 Å². The van der Waals surface area contributed by atoms with Crippen molar-refractivity contribution in [1.82, 2.24) is 0 Å². The third-order valence-corrected chi connectivity index (χ3v) is 1.92. The van der Waals surface area contributed by atoms with Crippen LogP contribution in [0.2, 0.25) is 0 Å².